The highest BCUT2D eigenvalue weighted by molar-refractivity contribution is 6.27. The van der Waals surface area contributed by atoms with E-state index in [2.05, 4.69) is 26.9 Å². The number of pyridine rings is 1. The van der Waals surface area contributed by atoms with Gasteiger partial charge in [0.15, 0.2) is 0 Å². The fourth-order valence-corrected chi connectivity index (χ4v) is 3.65. The van der Waals surface area contributed by atoms with Crippen molar-refractivity contribution in [2.45, 2.75) is 51.1 Å². The molecule has 0 atom stereocenters. The zero-order valence-electron chi connectivity index (χ0n) is 15.2. The third kappa shape index (κ3) is 7.09. The highest BCUT2D eigenvalue weighted by atomic mass is 16.4. The molecule has 0 saturated carbocycles. The van der Waals surface area contributed by atoms with Gasteiger partial charge in [0.1, 0.15) is 0 Å². The molecule has 0 aliphatic carbocycles. The molecular weight excluding hydrogens is 334 g/mol. The molecule has 3 heterocycles. The SMILES string of the molecule is O=C(O)C(=O)O.c1cc(CN2CCC(N3CCCCCC3)CC2)ccn1. The summed E-state index contributed by atoms with van der Waals surface area (Å²) in [7, 11) is 0. The van der Waals surface area contributed by atoms with Gasteiger partial charge >= 0.3 is 11.9 Å². The standard InChI is InChI=1S/C17H27N3.C2H2O4/c1-2-4-12-20(11-3-1)17-7-13-19(14-8-17)15-16-5-9-18-10-6-16;3-1(4)2(5)6/h5-6,9-10,17H,1-4,7-8,11-15H2;(H,3,4)(H,5,6). The van der Waals surface area contributed by atoms with E-state index < -0.39 is 11.9 Å². The van der Waals surface area contributed by atoms with Crippen molar-refractivity contribution < 1.29 is 19.8 Å². The molecule has 2 N–H and O–H groups in total. The molecule has 26 heavy (non-hydrogen) atoms. The maximum Gasteiger partial charge on any atom is 0.414 e. The van der Waals surface area contributed by atoms with Crippen molar-refractivity contribution in [2.75, 3.05) is 26.2 Å². The lowest BCUT2D eigenvalue weighted by atomic mass is 10.0. The molecular formula is C19H29N3O4. The molecule has 0 aromatic carbocycles. The Hall–Kier alpha value is -1.99. The molecule has 0 bridgehead atoms. The van der Waals surface area contributed by atoms with Crippen LogP contribution in [0.4, 0.5) is 0 Å². The van der Waals surface area contributed by atoms with Crippen LogP contribution in [0.5, 0.6) is 0 Å². The van der Waals surface area contributed by atoms with E-state index >= 15 is 0 Å². The molecule has 0 spiro atoms. The van der Waals surface area contributed by atoms with E-state index in [0.29, 0.717) is 0 Å². The topological polar surface area (TPSA) is 94.0 Å². The molecule has 144 valence electrons. The summed E-state index contributed by atoms with van der Waals surface area (Å²) >= 11 is 0. The van der Waals surface area contributed by atoms with E-state index in [9.17, 15) is 0 Å². The summed E-state index contributed by atoms with van der Waals surface area (Å²) in [5.74, 6) is -3.65. The summed E-state index contributed by atoms with van der Waals surface area (Å²) < 4.78 is 0. The number of piperidine rings is 1. The van der Waals surface area contributed by atoms with Crippen LogP contribution in [0.1, 0.15) is 44.1 Å². The van der Waals surface area contributed by atoms with Crippen molar-refractivity contribution >= 4 is 11.9 Å². The van der Waals surface area contributed by atoms with E-state index in [0.717, 1.165) is 12.6 Å². The van der Waals surface area contributed by atoms with Crippen molar-refractivity contribution in [1.29, 1.82) is 0 Å². The van der Waals surface area contributed by atoms with Gasteiger partial charge in [-0.2, -0.15) is 0 Å². The molecule has 2 aliphatic heterocycles. The summed E-state index contributed by atoms with van der Waals surface area (Å²) in [4.78, 5) is 27.7. The molecule has 2 saturated heterocycles. The summed E-state index contributed by atoms with van der Waals surface area (Å²) in [6, 6.07) is 5.13. The zero-order chi connectivity index (χ0) is 18.8. The van der Waals surface area contributed by atoms with Crippen LogP contribution in [0.15, 0.2) is 24.5 Å². The third-order valence-electron chi connectivity index (χ3n) is 5.05. The lowest BCUT2D eigenvalue weighted by Gasteiger charge is -2.38. The molecule has 7 nitrogen and oxygen atoms in total. The maximum atomic E-state index is 9.10. The van der Waals surface area contributed by atoms with Crippen LogP contribution < -0.4 is 0 Å². The van der Waals surface area contributed by atoms with E-state index in [1.54, 1.807) is 0 Å². The Morgan fingerprint density at radius 2 is 1.46 bits per heavy atom. The second-order valence-corrected chi connectivity index (χ2v) is 6.92. The van der Waals surface area contributed by atoms with Crippen molar-refractivity contribution in [3.63, 3.8) is 0 Å². The first-order valence-electron chi connectivity index (χ1n) is 9.38. The van der Waals surface area contributed by atoms with Crippen LogP contribution in [0.3, 0.4) is 0 Å². The van der Waals surface area contributed by atoms with Gasteiger partial charge in [-0.05, 0) is 69.6 Å². The Morgan fingerprint density at radius 1 is 0.923 bits per heavy atom. The molecule has 1 aromatic heterocycles. The predicted molar refractivity (Wildman–Crippen MR) is 97.8 cm³/mol. The maximum absolute atomic E-state index is 9.10. The molecule has 2 aliphatic rings. The Kier molecular flexibility index (Phi) is 8.50. The Balaban J connectivity index is 0.000000352. The van der Waals surface area contributed by atoms with Crippen LogP contribution >= 0.6 is 0 Å². The average Bonchev–Trinajstić information content (AvgIpc) is 2.93. The average molecular weight is 363 g/mol. The van der Waals surface area contributed by atoms with Crippen LogP contribution in [-0.4, -0.2) is 69.2 Å². The van der Waals surface area contributed by atoms with Gasteiger partial charge in [-0.25, -0.2) is 9.59 Å². The number of carboxylic acids is 2. The van der Waals surface area contributed by atoms with Crippen molar-refractivity contribution in [1.82, 2.24) is 14.8 Å². The Morgan fingerprint density at radius 3 is 1.96 bits per heavy atom. The quantitative estimate of drug-likeness (QED) is 0.794. The van der Waals surface area contributed by atoms with Crippen LogP contribution in [-0.2, 0) is 16.1 Å². The van der Waals surface area contributed by atoms with Gasteiger partial charge in [0.2, 0.25) is 0 Å². The minimum absolute atomic E-state index is 0.849. The Labute approximate surface area is 154 Å². The summed E-state index contributed by atoms with van der Waals surface area (Å²) in [6.45, 7) is 6.28. The van der Waals surface area contributed by atoms with Gasteiger partial charge in [-0.3, -0.25) is 9.88 Å². The van der Waals surface area contributed by atoms with E-state index in [1.165, 1.54) is 70.3 Å². The summed E-state index contributed by atoms with van der Waals surface area (Å²) in [6.07, 6.45) is 12.2. The van der Waals surface area contributed by atoms with Gasteiger partial charge in [0.05, 0.1) is 0 Å². The third-order valence-corrected chi connectivity index (χ3v) is 5.05. The fraction of sp³-hybridized carbons (Fsp3) is 0.632. The number of carbonyl (C=O) groups is 2. The molecule has 2 fully saturated rings. The largest absolute Gasteiger partial charge is 0.473 e. The first-order chi connectivity index (χ1) is 12.6. The van der Waals surface area contributed by atoms with Gasteiger partial charge in [-0.15, -0.1) is 0 Å². The normalized spacial score (nSPS) is 19.8. The number of aromatic nitrogens is 1. The van der Waals surface area contributed by atoms with E-state index in [-0.39, 0.29) is 0 Å². The van der Waals surface area contributed by atoms with Crippen molar-refractivity contribution in [3.05, 3.63) is 30.1 Å². The molecule has 0 amide bonds. The number of hydrogen-bond donors (Lipinski definition) is 2. The molecule has 7 heteroatoms. The van der Waals surface area contributed by atoms with Crippen LogP contribution in [0, 0.1) is 0 Å². The molecule has 1 aromatic rings. The van der Waals surface area contributed by atoms with Crippen LogP contribution in [0.2, 0.25) is 0 Å². The van der Waals surface area contributed by atoms with Crippen molar-refractivity contribution in [2.24, 2.45) is 0 Å². The first kappa shape index (κ1) is 20.3. The lowest BCUT2D eigenvalue weighted by molar-refractivity contribution is -0.159. The Bertz CT molecular complexity index is 539. The number of carboxylic acid groups (broad SMARTS) is 2. The summed E-state index contributed by atoms with van der Waals surface area (Å²) in [5, 5.41) is 14.8. The predicted octanol–water partition coefficient (Wildman–Crippen LogP) is 2.08. The fourth-order valence-electron chi connectivity index (χ4n) is 3.65. The van der Waals surface area contributed by atoms with Gasteiger partial charge in [0.25, 0.3) is 0 Å². The van der Waals surface area contributed by atoms with Crippen LogP contribution in [0.25, 0.3) is 0 Å². The molecule has 0 unspecified atom stereocenters. The minimum atomic E-state index is -1.82. The second kappa shape index (κ2) is 10.9. The minimum Gasteiger partial charge on any atom is -0.473 e. The molecule has 0 radical (unpaired) electrons. The zero-order valence-corrected chi connectivity index (χ0v) is 15.2. The number of nitrogens with zero attached hydrogens (tertiary/aromatic N) is 3. The van der Waals surface area contributed by atoms with Crippen molar-refractivity contribution in [3.8, 4) is 0 Å². The second-order valence-electron chi connectivity index (χ2n) is 6.92. The smallest absolute Gasteiger partial charge is 0.414 e. The van der Waals surface area contributed by atoms with E-state index in [1.807, 2.05) is 12.4 Å². The monoisotopic (exact) mass is 363 g/mol. The first-order valence-corrected chi connectivity index (χ1v) is 9.38. The number of hydrogen-bond acceptors (Lipinski definition) is 5. The number of aliphatic carboxylic acids is 2. The van der Waals surface area contributed by atoms with E-state index in [4.69, 9.17) is 19.8 Å². The lowest BCUT2D eigenvalue weighted by Crippen LogP contribution is -2.45. The highest BCUT2D eigenvalue weighted by Gasteiger charge is 2.24. The number of rotatable bonds is 3. The number of likely N-dealkylation sites (tertiary alicyclic amines) is 2. The molecule has 3 rings (SSSR count). The highest BCUT2D eigenvalue weighted by Crippen LogP contribution is 2.21. The summed E-state index contributed by atoms with van der Waals surface area (Å²) in [5.41, 5.74) is 1.40. The van der Waals surface area contributed by atoms with Gasteiger partial charge in [0, 0.05) is 25.0 Å². The van der Waals surface area contributed by atoms with Gasteiger partial charge < -0.3 is 15.1 Å². The van der Waals surface area contributed by atoms with Gasteiger partial charge in [-0.1, -0.05) is 12.8 Å².